The molecular weight excluding hydrogens is 276 g/mol. The Morgan fingerprint density at radius 2 is 1.68 bits per heavy atom. The number of urea groups is 1. The van der Waals surface area contributed by atoms with E-state index in [2.05, 4.69) is 0 Å². The fourth-order valence-electron chi connectivity index (χ4n) is 3.02. The molecule has 0 saturated heterocycles. The van der Waals surface area contributed by atoms with Crippen LogP contribution in [0.2, 0.25) is 0 Å². The average molecular weight is 290 g/mol. The number of fused-ring (bicyclic) bond motifs is 3. The number of nitrogens with zero attached hydrogens (tertiary/aromatic N) is 1. The zero-order valence-corrected chi connectivity index (χ0v) is 11.8. The molecule has 0 bridgehead atoms. The number of nitrogens with two attached hydrogens (primary N) is 1. The molecule has 3 aromatic rings. The maximum Gasteiger partial charge on any atom is 0.348 e. The van der Waals surface area contributed by atoms with Gasteiger partial charge in [-0.1, -0.05) is 60.7 Å². The first kappa shape index (κ1) is 12.7. The van der Waals surface area contributed by atoms with Crippen LogP contribution < -0.4 is 10.6 Å². The fourth-order valence-corrected chi connectivity index (χ4v) is 3.02. The van der Waals surface area contributed by atoms with Gasteiger partial charge >= 0.3 is 6.03 Å². The zero-order chi connectivity index (χ0) is 15.1. The van der Waals surface area contributed by atoms with Gasteiger partial charge in [-0.25, -0.2) is 4.79 Å². The second-order valence-electron chi connectivity index (χ2n) is 5.27. The summed E-state index contributed by atoms with van der Waals surface area (Å²) in [5, 5.41) is 3.42. The van der Waals surface area contributed by atoms with Crippen LogP contribution in [0.15, 0.2) is 66.7 Å². The SMILES string of the molecule is NC(=O)N1Oc2ccc3ccccc3c2C1c1ccccc1. The minimum atomic E-state index is -0.603. The molecule has 22 heavy (non-hydrogen) atoms. The summed E-state index contributed by atoms with van der Waals surface area (Å²) in [5.41, 5.74) is 7.45. The van der Waals surface area contributed by atoms with Crippen LogP contribution in [0.5, 0.6) is 5.75 Å². The zero-order valence-electron chi connectivity index (χ0n) is 11.8. The highest BCUT2D eigenvalue weighted by atomic mass is 16.7. The lowest BCUT2D eigenvalue weighted by molar-refractivity contribution is -0.00798. The topological polar surface area (TPSA) is 55.6 Å². The highest BCUT2D eigenvalue weighted by Crippen LogP contribution is 2.45. The molecule has 0 radical (unpaired) electrons. The lowest BCUT2D eigenvalue weighted by Gasteiger charge is -2.21. The summed E-state index contributed by atoms with van der Waals surface area (Å²) >= 11 is 0. The summed E-state index contributed by atoms with van der Waals surface area (Å²) in [6.07, 6.45) is 0. The van der Waals surface area contributed by atoms with E-state index in [1.54, 1.807) is 0 Å². The summed E-state index contributed by atoms with van der Waals surface area (Å²) in [4.78, 5) is 17.5. The van der Waals surface area contributed by atoms with Gasteiger partial charge in [0.1, 0.15) is 6.04 Å². The third kappa shape index (κ3) is 1.81. The summed E-state index contributed by atoms with van der Waals surface area (Å²) in [6.45, 7) is 0. The molecule has 4 rings (SSSR count). The lowest BCUT2D eigenvalue weighted by Crippen LogP contribution is -2.37. The van der Waals surface area contributed by atoms with Crippen molar-refractivity contribution in [2.75, 3.05) is 0 Å². The predicted octanol–water partition coefficient (Wildman–Crippen LogP) is 3.62. The largest absolute Gasteiger partial charge is 0.374 e. The molecule has 1 atom stereocenters. The van der Waals surface area contributed by atoms with E-state index >= 15 is 0 Å². The number of hydroxylamine groups is 2. The Labute approximate surface area is 127 Å². The van der Waals surface area contributed by atoms with E-state index in [1.807, 2.05) is 66.7 Å². The summed E-state index contributed by atoms with van der Waals surface area (Å²) in [7, 11) is 0. The van der Waals surface area contributed by atoms with Gasteiger partial charge in [-0.15, -0.1) is 5.06 Å². The Morgan fingerprint density at radius 3 is 2.45 bits per heavy atom. The minimum absolute atomic E-state index is 0.334. The van der Waals surface area contributed by atoms with Gasteiger partial charge in [0.15, 0.2) is 5.75 Å². The van der Waals surface area contributed by atoms with Crippen LogP contribution in [0.25, 0.3) is 10.8 Å². The van der Waals surface area contributed by atoms with Crippen molar-refractivity contribution < 1.29 is 9.63 Å². The molecule has 0 fully saturated rings. The molecule has 0 aromatic heterocycles. The van der Waals surface area contributed by atoms with Gasteiger partial charge in [-0.2, -0.15) is 0 Å². The van der Waals surface area contributed by atoms with E-state index in [1.165, 1.54) is 5.06 Å². The molecule has 2 amide bonds. The van der Waals surface area contributed by atoms with Crippen LogP contribution in [0.3, 0.4) is 0 Å². The van der Waals surface area contributed by atoms with E-state index in [9.17, 15) is 4.79 Å². The molecular formula is C18H14N2O2. The first-order valence-electron chi connectivity index (χ1n) is 7.09. The lowest BCUT2D eigenvalue weighted by atomic mass is 9.93. The van der Waals surface area contributed by atoms with Crippen LogP contribution in [-0.4, -0.2) is 11.1 Å². The van der Waals surface area contributed by atoms with Crippen molar-refractivity contribution in [3.8, 4) is 5.75 Å². The molecule has 1 unspecified atom stereocenters. The molecule has 1 aliphatic rings. The summed E-state index contributed by atoms with van der Waals surface area (Å²) < 4.78 is 0. The number of primary amides is 1. The molecule has 0 saturated carbocycles. The maximum absolute atomic E-state index is 11.8. The van der Waals surface area contributed by atoms with Gasteiger partial charge in [0, 0.05) is 5.56 Å². The number of hydrogen-bond donors (Lipinski definition) is 1. The second-order valence-corrected chi connectivity index (χ2v) is 5.27. The molecule has 108 valence electrons. The Kier molecular flexibility index (Phi) is 2.76. The monoisotopic (exact) mass is 290 g/mol. The Morgan fingerprint density at radius 1 is 0.955 bits per heavy atom. The fraction of sp³-hybridized carbons (Fsp3) is 0.0556. The number of amides is 2. The molecule has 3 aromatic carbocycles. The summed E-state index contributed by atoms with van der Waals surface area (Å²) in [5.74, 6) is 0.673. The van der Waals surface area contributed by atoms with Crippen LogP contribution in [0, 0.1) is 0 Å². The van der Waals surface area contributed by atoms with E-state index in [-0.39, 0.29) is 6.04 Å². The first-order valence-corrected chi connectivity index (χ1v) is 7.09. The Balaban J connectivity index is 2.00. The molecule has 2 N–H and O–H groups in total. The molecule has 1 heterocycles. The smallest absolute Gasteiger partial charge is 0.348 e. The van der Waals surface area contributed by atoms with Crippen LogP contribution in [0.4, 0.5) is 4.79 Å². The first-order chi connectivity index (χ1) is 10.8. The van der Waals surface area contributed by atoms with E-state index in [4.69, 9.17) is 10.6 Å². The van der Waals surface area contributed by atoms with Crippen molar-refractivity contribution in [1.29, 1.82) is 0 Å². The normalized spacial score (nSPS) is 16.4. The van der Waals surface area contributed by atoms with Crippen molar-refractivity contribution >= 4 is 16.8 Å². The number of carbonyl (C=O) groups is 1. The Bertz CT molecular complexity index is 861. The molecule has 1 aliphatic heterocycles. The quantitative estimate of drug-likeness (QED) is 0.744. The third-order valence-corrected chi connectivity index (χ3v) is 3.97. The molecule has 0 aliphatic carbocycles. The number of rotatable bonds is 1. The standard InChI is InChI=1S/C18H14N2O2/c19-18(21)20-17(13-7-2-1-3-8-13)16-14-9-5-4-6-12(14)10-11-15(16)22-20/h1-11,17H,(H2,19,21). The summed E-state index contributed by atoms with van der Waals surface area (Å²) in [6, 6.07) is 20.8. The van der Waals surface area contributed by atoms with Crippen LogP contribution >= 0.6 is 0 Å². The van der Waals surface area contributed by atoms with Crippen molar-refractivity contribution in [3.05, 3.63) is 77.9 Å². The van der Waals surface area contributed by atoms with Gasteiger partial charge < -0.3 is 10.6 Å². The van der Waals surface area contributed by atoms with E-state index < -0.39 is 6.03 Å². The number of carbonyl (C=O) groups excluding carboxylic acids is 1. The van der Waals surface area contributed by atoms with Gasteiger partial charge in [0.2, 0.25) is 0 Å². The van der Waals surface area contributed by atoms with Gasteiger partial charge in [0.25, 0.3) is 0 Å². The molecule has 4 nitrogen and oxygen atoms in total. The van der Waals surface area contributed by atoms with Crippen molar-refractivity contribution in [2.24, 2.45) is 5.73 Å². The highest BCUT2D eigenvalue weighted by Gasteiger charge is 2.37. The minimum Gasteiger partial charge on any atom is -0.374 e. The maximum atomic E-state index is 11.8. The van der Waals surface area contributed by atoms with Crippen LogP contribution in [-0.2, 0) is 0 Å². The molecule has 4 heteroatoms. The van der Waals surface area contributed by atoms with Gasteiger partial charge in [-0.05, 0) is 22.4 Å². The molecule has 0 spiro atoms. The predicted molar refractivity (Wildman–Crippen MR) is 84.3 cm³/mol. The van der Waals surface area contributed by atoms with Gasteiger partial charge in [0.05, 0.1) is 0 Å². The highest BCUT2D eigenvalue weighted by molar-refractivity contribution is 5.90. The number of benzene rings is 3. The van der Waals surface area contributed by atoms with Crippen LogP contribution in [0.1, 0.15) is 17.2 Å². The second kappa shape index (κ2) is 4.77. The third-order valence-electron chi connectivity index (χ3n) is 3.97. The van der Waals surface area contributed by atoms with E-state index in [0.717, 1.165) is 21.9 Å². The Hall–Kier alpha value is -3.01. The van der Waals surface area contributed by atoms with Gasteiger partial charge in [-0.3, -0.25) is 0 Å². The average Bonchev–Trinajstić information content (AvgIpc) is 2.96. The van der Waals surface area contributed by atoms with Crippen molar-refractivity contribution in [2.45, 2.75) is 6.04 Å². The van der Waals surface area contributed by atoms with Crippen molar-refractivity contribution in [1.82, 2.24) is 5.06 Å². The number of hydrogen-bond acceptors (Lipinski definition) is 2. The van der Waals surface area contributed by atoms with Crippen molar-refractivity contribution in [3.63, 3.8) is 0 Å². The van der Waals surface area contributed by atoms with E-state index in [0.29, 0.717) is 5.75 Å².